The molecule has 0 radical (unpaired) electrons. The van der Waals surface area contributed by atoms with Gasteiger partial charge in [0, 0.05) is 5.54 Å². The Labute approximate surface area is 111 Å². The molecule has 17 heavy (non-hydrogen) atoms. The van der Waals surface area contributed by atoms with E-state index in [4.69, 9.17) is 23.8 Å². The molecule has 1 saturated carbocycles. The van der Waals surface area contributed by atoms with Crippen molar-refractivity contribution in [3.63, 3.8) is 0 Å². The van der Waals surface area contributed by atoms with Crippen LogP contribution in [0.3, 0.4) is 0 Å². The third-order valence-electron chi connectivity index (χ3n) is 4.07. The smallest absolute Gasteiger partial charge is 0.178 e. The molecule has 0 aliphatic heterocycles. The quantitative estimate of drug-likeness (QED) is 0.785. The number of halogens is 1. The number of rotatable bonds is 2. The number of para-hydroxylation sites is 1. The Balaban J connectivity index is 2.35. The number of hydrogen-bond acceptors (Lipinski definition) is 1. The van der Waals surface area contributed by atoms with E-state index in [1.807, 2.05) is 18.2 Å². The van der Waals surface area contributed by atoms with E-state index in [1.165, 1.54) is 19.3 Å². The fourth-order valence-electron chi connectivity index (χ4n) is 2.89. The maximum absolute atomic E-state index is 6.33. The van der Waals surface area contributed by atoms with E-state index in [0.29, 0.717) is 0 Å². The summed E-state index contributed by atoms with van der Waals surface area (Å²) in [5.74, 6) is 0. The number of nitrogens with one attached hydrogen (secondary N) is 1. The van der Waals surface area contributed by atoms with Crippen molar-refractivity contribution in [3.8, 4) is 0 Å². The number of imidazole rings is 1. The van der Waals surface area contributed by atoms with E-state index in [-0.39, 0.29) is 5.54 Å². The monoisotopic (exact) mass is 266 g/mol. The molecule has 1 fully saturated rings. The van der Waals surface area contributed by atoms with Gasteiger partial charge in [0.05, 0.1) is 16.1 Å². The Bertz CT molecular complexity index is 616. The molecule has 0 bridgehead atoms. The van der Waals surface area contributed by atoms with Crippen LogP contribution in [0.2, 0.25) is 5.02 Å². The molecule has 0 saturated heterocycles. The lowest BCUT2D eigenvalue weighted by Crippen LogP contribution is -2.40. The van der Waals surface area contributed by atoms with E-state index in [0.717, 1.165) is 27.2 Å². The molecule has 0 atom stereocenters. The van der Waals surface area contributed by atoms with Crippen LogP contribution in [0.25, 0.3) is 11.0 Å². The van der Waals surface area contributed by atoms with Gasteiger partial charge in [0.25, 0.3) is 0 Å². The average Bonchev–Trinajstić information content (AvgIpc) is 2.57. The van der Waals surface area contributed by atoms with Gasteiger partial charge >= 0.3 is 0 Å². The minimum Gasteiger partial charge on any atom is -0.331 e. The Hall–Kier alpha value is -0.800. The number of H-pyrrole nitrogens is 1. The Morgan fingerprint density at radius 3 is 2.82 bits per heavy atom. The van der Waals surface area contributed by atoms with E-state index < -0.39 is 0 Å². The highest BCUT2D eigenvalue weighted by atomic mass is 35.5. The number of benzene rings is 1. The highest BCUT2D eigenvalue weighted by molar-refractivity contribution is 7.71. The first-order valence-electron chi connectivity index (χ1n) is 6.08. The van der Waals surface area contributed by atoms with Gasteiger partial charge in [-0.3, -0.25) is 0 Å². The third kappa shape index (κ3) is 1.49. The van der Waals surface area contributed by atoms with E-state index in [2.05, 4.69) is 16.5 Å². The summed E-state index contributed by atoms with van der Waals surface area (Å²) in [6.45, 7) is 2.23. The molecule has 2 nitrogen and oxygen atoms in total. The molecule has 1 aliphatic carbocycles. The number of fused-ring (bicyclic) bond motifs is 1. The summed E-state index contributed by atoms with van der Waals surface area (Å²) in [6.07, 6.45) is 4.80. The Kier molecular flexibility index (Phi) is 2.56. The summed E-state index contributed by atoms with van der Waals surface area (Å²) >= 11 is 11.8. The molecule has 0 spiro atoms. The molecule has 1 aromatic heterocycles. The predicted octanol–water partition coefficient (Wildman–Crippen LogP) is 4.64. The van der Waals surface area contributed by atoms with Crippen molar-refractivity contribution in [2.75, 3.05) is 0 Å². The molecule has 1 heterocycles. The SMILES string of the molecule is CCC1(n2c(=S)[nH]c3cccc(Cl)c32)CCC1. The molecule has 1 aliphatic rings. The van der Waals surface area contributed by atoms with Gasteiger partial charge < -0.3 is 9.55 Å². The Morgan fingerprint density at radius 1 is 1.47 bits per heavy atom. The van der Waals surface area contributed by atoms with Gasteiger partial charge in [-0.05, 0) is 50.0 Å². The van der Waals surface area contributed by atoms with Crippen LogP contribution in [0.15, 0.2) is 18.2 Å². The third-order valence-corrected chi connectivity index (χ3v) is 4.66. The number of nitrogens with zero attached hydrogens (tertiary/aromatic N) is 1. The fourth-order valence-corrected chi connectivity index (χ4v) is 3.54. The van der Waals surface area contributed by atoms with Crippen LogP contribution in [-0.2, 0) is 5.54 Å². The van der Waals surface area contributed by atoms with E-state index >= 15 is 0 Å². The number of aromatic nitrogens is 2. The van der Waals surface area contributed by atoms with Gasteiger partial charge in [-0.25, -0.2) is 0 Å². The van der Waals surface area contributed by atoms with Crippen molar-refractivity contribution in [3.05, 3.63) is 28.0 Å². The topological polar surface area (TPSA) is 20.7 Å². The minimum absolute atomic E-state index is 0.195. The zero-order chi connectivity index (χ0) is 12.0. The molecular weight excluding hydrogens is 252 g/mol. The minimum atomic E-state index is 0.195. The second-order valence-corrected chi connectivity index (χ2v) is 5.63. The van der Waals surface area contributed by atoms with Crippen molar-refractivity contribution < 1.29 is 0 Å². The predicted molar refractivity (Wildman–Crippen MR) is 74.2 cm³/mol. The molecule has 4 heteroatoms. The van der Waals surface area contributed by atoms with Crippen LogP contribution in [0.5, 0.6) is 0 Å². The fraction of sp³-hybridized carbons (Fsp3) is 0.462. The van der Waals surface area contributed by atoms with Gasteiger partial charge in [0.1, 0.15) is 0 Å². The molecule has 90 valence electrons. The van der Waals surface area contributed by atoms with Crippen molar-refractivity contribution in [2.24, 2.45) is 0 Å². The largest absolute Gasteiger partial charge is 0.331 e. The average molecular weight is 267 g/mol. The molecule has 0 unspecified atom stereocenters. The van der Waals surface area contributed by atoms with Gasteiger partial charge in [-0.15, -0.1) is 0 Å². The second kappa shape index (κ2) is 3.85. The standard InChI is InChI=1S/C13H15ClN2S/c1-2-13(7-4-8-13)16-11-9(14)5-3-6-10(11)15-12(16)17/h3,5-6H,2,4,7-8H2,1H3,(H,15,17). The lowest BCUT2D eigenvalue weighted by atomic mass is 9.74. The summed E-state index contributed by atoms with van der Waals surface area (Å²) < 4.78 is 3.05. The highest BCUT2D eigenvalue weighted by Gasteiger charge is 2.38. The summed E-state index contributed by atoms with van der Waals surface area (Å²) in [7, 11) is 0. The van der Waals surface area contributed by atoms with Crippen LogP contribution < -0.4 is 0 Å². The van der Waals surface area contributed by atoms with Crippen LogP contribution in [0.4, 0.5) is 0 Å². The highest BCUT2D eigenvalue weighted by Crippen LogP contribution is 2.44. The first-order valence-corrected chi connectivity index (χ1v) is 6.86. The second-order valence-electron chi connectivity index (χ2n) is 4.83. The normalized spacial score (nSPS) is 18.2. The zero-order valence-electron chi connectivity index (χ0n) is 9.79. The van der Waals surface area contributed by atoms with Crippen molar-refractivity contribution >= 4 is 34.9 Å². The van der Waals surface area contributed by atoms with E-state index in [1.54, 1.807) is 0 Å². The molecule has 0 amide bonds. The van der Waals surface area contributed by atoms with Crippen molar-refractivity contribution in [1.82, 2.24) is 9.55 Å². The van der Waals surface area contributed by atoms with Gasteiger partial charge in [0.15, 0.2) is 4.77 Å². The van der Waals surface area contributed by atoms with Crippen LogP contribution in [-0.4, -0.2) is 9.55 Å². The summed E-state index contributed by atoms with van der Waals surface area (Å²) in [6, 6.07) is 5.93. The molecule has 1 N–H and O–H groups in total. The summed E-state index contributed by atoms with van der Waals surface area (Å²) in [5, 5.41) is 0.787. The van der Waals surface area contributed by atoms with Crippen LogP contribution in [0.1, 0.15) is 32.6 Å². The van der Waals surface area contributed by atoms with Crippen LogP contribution >= 0.6 is 23.8 Å². The maximum atomic E-state index is 6.33. The van der Waals surface area contributed by atoms with Gasteiger partial charge in [-0.2, -0.15) is 0 Å². The van der Waals surface area contributed by atoms with Crippen LogP contribution in [0, 0.1) is 4.77 Å². The lowest BCUT2D eigenvalue weighted by molar-refractivity contribution is 0.140. The summed E-state index contributed by atoms with van der Waals surface area (Å²) in [5.41, 5.74) is 2.31. The molecule has 1 aromatic carbocycles. The lowest BCUT2D eigenvalue weighted by Gasteiger charge is -2.43. The van der Waals surface area contributed by atoms with Gasteiger partial charge in [0.2, 0.25) is 0 Å². The molecular formula is C13H15ClN2S. The van der Waals surface area contributed by atoms with Crippen molar-refractivity contribution in [2.45, 2.75) is 38.1 Å². The summed E-state index contributed by atoms with van der Waals surface area (Å²) in [4.78, 5) is 3.27. The Morgan fingerprint density at radius 2 is 2.24 bits per heavy atom. The van der Waals surface area contributed by atoms with Crippen molar-refractivity contribution in [1.29, 1.82) is 0 Å². The number of hydrogen-bond donors (Lipinski definition) is 1. The van der Waals surface area contributed by atoms with E-state index in [9.17, 15) is 0 Å². The maximum Gasteiger partial charge on any atom is 0.178 e. The number of aromatic amines is 1. The molecule has 2 aromatic rings. The van der Waals surface area contributed by atoms with Gasteiger partial charge in [-0.1, -0.05) is 24.6 Å². The first kappa shape index (κ1) is 11.3. The first-order chi connectivity index (χ1) is 8.18. The molecule has 3 rings (SSSR count). The zero-order valence-corrected chi connectivity index (χ0v) is 11.4.